The van der Waals surface area contributed by atoms with Crippen molar-refractivity contribution >= 4 is 57.5 Å². The van der Waals surface area contributed by atoms with Crippen molar-refractivity contribution in [3.8, 4) is 0 Å². The van der Waals surface area contributed by atoms with Crippen LogP contribution in [0.25, 0.3) is 10.8 Å². The van der Waals surface area contributed by atoms with Crippen molar-refractivity contribution in [1.29, 1.82) is 0 Å². The second-order valence-electron chi connectivity index (χ2n) is 11.9. The average Bonchev–Trinajstić information content (AvgIpc) is 3.04. The van der Waals surface area contributed by atoms with Crippen LogP contribution in [0.1, 0.15) is 53.4 Å². The summed E-state index contributed by atoms with van der Waals surface area (Å²) in [5.74, 6) is -1.13. The first kappa shape index (κ1) is 35.1. The largest absolute Gasteiger partial charge is 0.382 e. The van der Waals surface area contributed by atoms with E-state index in [9.17, 15) is 9.59 Å². The molecule has 8 N–H and O–H groups in total. The van der Waals surface area contributed by atoms with Crippen molar-refractivity contribution in [3.05, 3.63) is 88.2 Å². The van der Waals surface area contributed by atoms with E-state index in [1.165, 1.54) is 16.5 Å². The lowest BCUT2D eigenvalue weighted by Gasteiger charge is -2.16. The number of nitrogens with two attached hydrogens (primary N) is 3. The lowest BCUT2D eigenvalue weighted by molar-refractivity contribution is -0.119. The number of nitrogens with zero attached hydrogens (tertiary/aromatic N) is 4. The highest BCUT2D eigenvalue weighted by molar-refractivity contribution is 6.31. The Morgan fingerprint density at radius 1 is 0.894 bits per heavy atom. The molecular weight excluding hydrogens is 614 g/mol. The van der Waals surface area contributed by atoms with Gasteiger partial charge in [0.15, 0.2) is 28.4 Å². The van der Waals surface area contributed by atoms with E-state index < -0.39 is 5.91 Å². The van der Waals surface area contributed by atoms with Crippen molar-refractivity contribution < 1.29 is 9.59 Å². The highest BCUT2D eigenvalue weighted by atomic mass is 35.5. The van der Waals surface area contributed by atoms with Crippen LogP contribution in [0.4, 0.5) is 17.3 Å². The first-order valence-electron chi connectivity index (χ1n) is 15.8. The third kappa shape index (κ3) is 10.1. The summed E-state index contributed by atoms with van der Waals surface area (Å²) in [4.78, 5) is 39.6. The van der Waals surface area contributed by atoms with Crippen LogP contribution < -0.4 is 27.8 Å². The fourth-order valence-electron chi connectivity index (χ4n) is 5.31. The molecule has 0 spiro atoms. The zero-order valence-electron chi connectivity index (χ0n) is 27.2. The zero-order chi connectivity index (χ0) is 33.9. The zero-order valence-corrected chi connectivity index (χ0v) is 28.0. The minimum Gasteiger partial charge on any atom is -0.382 e. The average molecular weight is 658 g/mol. The van der Waals surface area contributed by atoms with Crippen molar-refractivity contribution in [2.24, 2.45) is 16.6 Å². The number of aryl methyl sites for hydroxylation is 2. The molecule has 0 aliphatic rings. The molecule has 47 heavy (non-hydrogen) atoms. The first-order chi connectivity index (χ1) is 22.5. The van der Waals surface area contributed by atoms with Gasteiger partial charge in [0, 0.05) is 18.2 Å². The lowest BCUT2D eigenvalue weighted by atomic mass is 9.91. The minimum atomic E-state index is -0.670. The molecule has 1 heterocycles. The molecule has 0 saturated carbocycles. The number of anilines is 3. The third-order valence-electron chi connectivity index (χ3n) is 7.87. The van der Waals surface area contributed by atoms with Gasteiger partial charge in [0.1, 0.15) is 0 Å². The lowest BCUT2D eigenvalue weighted by Crippen LogP contribution is -2.38. The Hall–Kier alpha value is -4.74. The first-order valence-corrected chi connectivity index (χ1v) is 16.1. The number of benzene rings is 3. The molecule has 0 bridgehead atoms. The number of carbonyl (C=O) groups is 2. The summed E-state index contributed by atoms with van der Waals surface area (Å²) in [6.07, 6.45) is 5.23. The van der Waals surface area contributed by atoms with Crippen LogP contribution in [0.2, 0.25) is 5.15 Å². The number of nitrogens with one attached hydrogen (secondary N) is 2. The monoisotopic (exact) mass is 657 g/mol. The van der Waals surface area contributed by atoms with Crippen molar-refractivity contribution in [2.45, 2.75) is 45.4 Å². The highest BCUT2D eigenvalue weighted by Crippen LogP contribution is 2.27. The van der Waals surface area contributed by atoms with Crippen LogP contribution in [-0.2, 0) is 24.1 Å². The number of aliphatic imine (C=N–C) groups is 1. The number of unbranched alkanes of at least 4 members (excludes halogenated alkanes) is 1. The maximum absolute atomic E-state index is 13.1. The van der Waals surface area contributed by atoms with E-state index in [1.54, 1.807) is 0 Å². The number of guanidine groups is 1. The van der Waals surface area contributed by atoms with Gasteiger partial charge in [-0.3, -0.25) is 19.9 Å². The second-order valence-corrected chi connectivity index (χ2v) is 12.3. The Morgan fingerprint density at radius 2 is 1.57 bits per heavy atom. The van der Waals surface area contributed by atoms with Gasteiger partial charge < -0.3 is 27.4 Å². The fourth-order valence-corrected chi connectivity index (χ4v) is 5.44. The van der Waals surface area contributed by atoms with Gasteiger partial charge >= 0.3 is 0 Å². The minimum absolute atomic E-state index is 0.00296. The second kappa shape index (κ2) is 16.7. The van der Waals surface area contributed by atoms with Gasteiger partial charge in [0.2, 0.25) is 5.91 Å². The van der Waals surface area contributed by atoms with Crippen LogP contribution in [0, 0.1) is 5.92 Å². The number of amides is 2. The third-order valence-corrected chi connectivity index (χ3v) is 8.15. The van der Waals surface area contributed by atoms with E-state index in [0.717, 1.165) is 55.3 Å². The number of halogens is 1. The molecule has 3 aromatic carbocycles. The molecule has 1 atom stereocenters. The molecule has 0 unspecified atom stereocenters. The van der Waals surface area contributed by atoms with Crippen LogP contribution >= 0.6 is 11.6 Å². The number of hydrogen-bond acceptors (Lipinski definition) is 8. The van der Waals surface area contributed by atoms with Gasteiger partial charge in [-0.05, 0) is 98.8 Å². The number of rotatable bonds is 14. The van der Waals surface area contributed by atoms with Crippen molar-refractivity contribution in [1.82, 2.24) is 20.2 Å². The van der Waals surface area contributed by atoms with Crippen LogP contribution in [0.15, 0.2) is 65.7 Å². The van der Waals surface area contributed by atoms with E-state index in [1.807, 2.05) is 31.2 Å². The van der Waals surface area contributed by atoms with E-state index >= 15 is 0 Å². The topological polar surface area (TPSA) is 178 Å². The quantitative estimate of drug-likeness (QED) is 0.0727. The van der Waals surface area contributed by atoms with E-state index in [2.05, 4.69) is 81.0 Å². The molecule has 4 aromatic rings. The molecule has 0 aliphatic heterocycles. The van der Waals surface area contributed by atoms with Gasteiger partial charge in [-0.2, -0.15) is 0 Å². The van der Waals surface area contributed by atoms with E-state index in [4.69, 9.17) is 28.8 Å². The highest BCUT2D eigenvalue weighted by Gasteiger charge is 2.18. The maximum atomic E-state index is 13.1. The summed E-state index contributed by atoms with van der Waals surface area (Å²) in [6, 6.07) is 20.7. The molecule has 0 saturated heterocycles. The summed E-state index contributed by atoms with van der Waals surface area (Å²) in [6.45, 7) is 3.45. The molecule has 248 valence electrons. The molecule has 2 amide bonds. The summed E-state index contributed by atoms with van der Waals surface area (Å²) in [5, 5.41) is 7.75. The molecule has 0 fully saturated rings. The summed E-state index contributed by atoms with van der Waals surface area (Å²) in [7, 11) is 4.16. The number of carbonyl (C=O) groups excluding carboxylic acids is 2. The van der Waals surface area contributed by atoms with Crippen molar-refractivity contribution in [2.75, 3.05) is 44.0 Å². The van der Waals surface area contributed by atoms with Gasteiger partial charge in [-0.25, -0.2) is 9.97 Å². The molecule has 0 radical (unpaired) electrons. The van der Waals surface area contributed by atoms with Gasteiger partial charge in [-0.1, -0.05) is 67.1 Å². The predicted octanol–water partition coefficient (Wildman–Crippen LogP) is 4.83. The SMILES string of the molecule is C[C@H](Cc1ccc(CCCCN=C(N)NC(=O)c2nc(Cl)c(N)nc2N)c2ccccc12)C(=O)Nc1ccc(CCCN(C)C)cc1. The van der Waals surface area contributed by atoms with Gasteiger partial charge in [-0.15, -0.1) is 0 Å². The summed E-state index contributed by atoms with van der Waals surface area (Å²) in [5.41, 5.74) is 21.5. The fraction of sp³-hybridized carbons (Fsp3) is 0.343. The number of fused-ring (bicyclic) bond motifs is 1. The molecular formula is C35H44ClN9O2. The molecule has 4 rings (SSSR count). The van der Waals surface area contributed by atoms with Gasteiger partial charge in [0.25, 0.3) is 5.91 Å². The van der Waals surface area contributed by atoms with Crippen LogP contribution in [0.5, 0.6) is 0 Å². The summed E-state index contributed by atoms with van der Waals surface area (Å²) < 4.78 is 0. The molecule has 12 heteroatoms. The van der Waals surface area contributed by atoms with E-state index in [0.29, 0.717) is 13.0 Å². The maximum Gasteiger partial charge on any atom is 0.280 e. The smallest absolute Gasteiger partial charge is 0.280 e. The standard InChI is InChI=1S/C35H44ClN9O2/c1-22(33(46)41-26-17-13-23(14-18-26)9-8-20-45(2)3)21-25-16-15-24(27-11-4-5-12-28(25)27)10-6-7-19-40-35(39)44-34(47)29-31(37)43-32(38)30(36)42-29/h4-5,11-18,22H,6-10,19-21H2,1-3H3,(H,41,46)(H4,37,38,43)(H3,39,40,44,47)/t22-/m1/s1. The Kier molecular flexibility index (Phi) is 12.5. The molecule has 0 aliphatic carbocycles. The Bertz CT molecular complexity index is 1720. The van der Waals surface area contributed by atoms with Crippen LogP contribution in [0.3, 0.4) is 0 Å². The number of aromatic nitrogens is 2. The predicted molar refractivity (Wildman–Crippen MR) is 192 cm³/mol. The Balaban J connectivity index is 1.28. The number of hydrogen-bond donors (Lipinski definition) is 5. The van der Waals surface area contributed by atoms with Gasteiger partial charge in [0.05, 0.1) is 0 Å². The van der Waals surface area contributed by atoms with Crippen molar-refractivity contribution in [3.63, 3.8) is 0 Å². The molecule has 1 aromatic heterocycles. The summed E-state index contributed by atoms with van der Waals surface area (Å²) >= 11 is 5.85. The number of nitrogen functional groups attached to an aromatic ring is 2. The Labute approximate surface area is 281 Å². The van der Waals surface area contributed by atoms with Crippen LogP contribution in [-0.4, -0.2) is 59.8 Å². The Morgan fingerprint density at radius 3 is 2.28 bits per heavy atom. The normalized spacial score (nSPS) is 12.3. The van der Waals surface area contributed by atoms with E-state index in [-0.39, 0.29) is 40.3 Å². The molecule has 11 nitrogen and oxygen atoms in total.